The molecule has 0 bridgehead atoms. The van der Waals surface area contributed by atoms with E-state index in [4.69, 9.17) is 11.2 Å². The zero-order valence-corrected chi connectivity index (χ0v) is 7.60. The lowest BCUT2D eigenvalue weighted by Crippen LogP contribution is -2.05. The number of hydrogen-bond donors (Lipinski definition) is 0. The van der Waals surface area contributed by atoms with E-state index < -0.39 is 0 Å². The van der Waals surface area contributed by atoms with Crippen molar-refractivity contribution in [1.29, 1.82) is 0 Å². The first kappa shape index (κ1) is 10.5. The second kappa shape index (κ2) is 7.63. The highest BCUT2D eigenvalue weighted by molar-refractivity contribution is 4.83. The van der Waals surface area contributed by atoms with Crippen molar-refractivity contribution < 1.29 is 4.74 Å². The Hall–Kier alpha value is -0.480. The number of terminal acetylenes is 1. The zero-order valence-electron chi connectivity index (χ0n) is 7.60. The summed E-state index contributed by atoms with van der Waals surface area (Å²) in [5.41, 5.74) is 0. The van der Waals surface area contributed by atoms with Crippen LogP contribution in [-0.4, -0.2) is 13.2 Å². The largest absolute Gasteiger partial charge is 0.381 e. The summed E-state index contributed by atoms with van der Waals surface area (Å²) in [4.78, 5) is 0. The minimum absolute atomic E-state index is 0.656. The molecule has 64 valence electrons. The van der Waals surface area contributed by atoms with Crippen LogP contribution in [0.4, 0.5) is 0 Å². The molecule has 0 saturated carbocycles. The van der Waals surface area contributed by atoms with Crippen LogP contribution in [0.5, 0.6) is 0 Å². The molecule has 0 saturated heterocycles. The molecule has 0 aliphatic carbocycles. The van der Waals surface area contributed by atoms with Crippen molar-refractivity contribution in [2.24, 2.45) is 5.92 Å². The van der Waals surface area contributed by atoms with Crippen LogP contribution >= 0.6 is 0 Å². The quantitative estimate of drug-likeness (QED) is 0.422. The van der Waals surface area contributed by atoms with Crippen LogP contribution in [0.25, 0.3) is 0 Å². The standard InChI is InChI=1S/C10H18O/c1-4-6-7-8-10(3)9-11-5-2/h1,10H,5-9H2,2-3H3/t10-/m0/s1. The summed E-state index contributed by atoms with van der Waals surface area (Å²) in [6.07, 6.45) is 8.35. The van der Waals surface area contributed by atoms with E-state index in [-0.39, 0.29) is 0 Å². The fourth-order valence-corrected chi connectivity index (χ4v) is 0.955. The minimum Gasteiger partial charge on any atom is -0.381 e. The molecule has 0 radical (unpaired) electrons. The first-order valence-corrected chi connectivity index (χ1v) is 4.32. The normalized spacial score (nSPS) is 12.5. The number of unbranched alkanes of at least 4 members (excludes halogenated alkanes) is 1. The first-order valence-electron chi connectivity index (χ1n) is 4.32. The van der Waals surface area contributed by atoms with Gasteiger partial charge in [0.1, 0.15) is 0 Å². The van der Waals surface area contributed by atoms with E-state index in [2.05, 4.69) is 12.8 Å². The Kier molecular flexibility index (Phi) is 7.29. The second-order valence-corrected chi connectivity index (χ2v) is 2.86. The maximum Gasteiger partial charge on any atom is 0.0491 e. The maximum atomic E-state index is 5.27. The van der Waals surface area contributed by atoms with Crippen LogP contribution < -0.4 is 0 Å². The van der Waals surface area contributed by atoms with Crippen molar-refractivity contribution >= 4 is 0 Å². The highest BCUT2D eigenvalue weighted by atomic mass is 16.5. The van der Waals surface area contributed by atoms with Gasteiger partial charge in [0.25, 0.3) is 0 Å². The fraction of sp³-hybridized carbons (Fsp3) is 0.800. The van der Waals surface area contributed by atoms with Gasteiger partial charge in [0, 0.05) is 19.6 Å². The van der Waals surface area contributed by atoms with E-state index in [1.54, 1.807) is 0 Å². The molecule has 1 nitrogen and oxygen atoms in total. The lowest BCUT2D eigenvalue weighted by atomic mass is 10.1. The maximum absolute atomic E-state index is 5.27. The van der Waals surface area contributed by atoms with Gasteiger partial charge < -0.3 is 4.74 Å². The van der Waals surface area contributed by atoms with Crippen molar-refractivity contribution in [3.8, 4) is 12.3 Å². The van der Waals surface area contributed by atoms with Crippen LogP contribution in [0, 0.1) is 18.3 Å². The summed E-state index contributed by atoms with van der Waals surface area (Å²) in [6.45, 7) is 5.92. The monoisotopic (exact) mass is 154 g/mol. The van der Waals surface area contributed by atoms with Crippen LogP contribution in [0.1, 0.15) is 33.1 Å². The summed E-state index contributed by atoms with van der Waals surface area (Å²) in [7, 11) is 0. The molecule has 0 fully saturated rings. The highest BCUT2D eigenvalue weighted by Gasteiger charge is 1.99. The molecule has 0 aromatic heterocycles. The molecule has 1 atom stereocenters. The lowest BCUT2D eigenvalue weighted by molar-refractivity contribution is 0.112. The van der Waals surface area contributed by atoms with Crippen LogP contribution in [0.2, 0.25) is 0 Å². The summed E-state index contributed by atoms with van der Waals surface area (Å²) in [6, 6.07) is 0. The third-order valence-electron chi connectivity index (χ3n) is 1.62. The van der Waals surface area contributed by atoms with Crippen LogP contribution in [0.15, 0.2) is 0 Å². The Labute approximate surface area is 70.1 Å². The van der Waals surface area contributed by atoms with E-state index in [9.17, 15) is 0 Å². The second-order valence-electron chi connectivity index (χ2n) is 2.86. The molecular weight excluding hydrogens is 136 g/mol. The van der Waals surface area contributed by atoms with Crippen molar-refractivity contribution in [3.63, 3.8) is 0 Å². The van der Waals surface area contributed by atoms with E-state index in [1.165, 1.54) is 6.42 Å². The SMILES string of the molecule is C#CCCC[C@H](C)COCC. The molecule has 0 heterocycles. The minimum atomic E-state index is 0.656. The highest BCUT2D eigenvalue weighted by Crippen LogP contribution is 2.07. The molecule has 11 heavy (non-hydrogen) atoms. The zero-order chi connectivity index (χ0) is 8.53. The van der Waals surface area contributed by atoms with E-state index in [0.29, 0.717) is 5.92 Å². The van der Waals surface area contributed by atoms with E-state index in [0.717, 1.165) is 26.1 Å². The Balaban J connectivity index is 3.10. The van der Waals surface area contributed by atoms with Gasteiger partial charge in [-0.3, -0.25) is 0 Å². The predicted octanol–water partition coefficient (Wildman–Crippen LogP) is 2.46. The van der Waals surface area contributed by atoms with E-state index in [1.807, 2.05) is 6.92 Å². The molecular formula is C10H18O. The molecule has 0 rings (SSSR count). The summed E-state index contributed by atoms with van der Waals surface area (Å²) in [5.74, 6) is 3.29. The number of rotatable bonds is 6. The smallest absolute Gasteiger partial charge is 0.0491 e. The molecule has 0 aliphatic rings. The first-order chi connectivity index (χ1) is 5.31. The predicted molar refractivity (Wildman–Crippen MR) is 48.3 cm³/mol. The van der Waals surface area contributed by atoms with E-state index >= 15 is 0 Å². The van der Waals surface area contributed by atoms with Crippen molar-refractivity contribution in [2.45, 2.75) is 33.1 Å². The van der Waals surface area contributed by atoms with Crippen molar-refractivity contribution in [2.75, 3.05) is 13.2 Å². The fourth-order valence-electron chi connectivity index (χ4n) is 0.955. The van der Waals surface area contributed by atoms with Gasteiger partial charge in [0.05, 0.1) is 0 Å². The van der Waals surface area contributed by atoms with Gasteiger partial charge in [0.15, 0.2) is 0 Å². The van der Waals surface area contributed by atoms with Crippen LogP contribution in [0.3, 0.4) is 0 Å². The molecule has 0 amide bonds. The third-order valence-corrected chi connectivity index (χ3v) is 1.62. The van der Waals surface area contributed by atoms with Gasteiger partial charge >= 0.3 is 0 Å². The van der Waals surface area contributed by atoms with Gasteiger partial charge in [-0.1, -0.05) is 6.92 Å². The Morgan fingerprint density at radius 1 is 1.55 bits per heavy atom. The molecule has 0 unspecified atom stereocenters. The number of ether oxygens (including phenoxy) is 1. The summed E-state index contributed by atoms with van der Waals surface area (Å²) >= 11 is 0. The van der Waals surface area contributed by atoms with Gasteiger partial charge in [-0.05, 0) is 25.7 Å². The van der Waals surface area contributed by atoms with Gasteiger partial charge in [-0.15, -0.1) is 12.3 Å². The Morgan fingerprint density at radius 3 is 2.82 bits per heavy atom. The molecule has 0 aliphatic heterocycles. The summed E-state index contributed by atoms with van der Waals surface area (Å²) < 4.78 is 5.27. The molecule has 0 aromatic rings. The average molecular weight is 154 g/mol. The molecule has 0 spiro atoms. The Morgan fingerprint density at radius 2 is 2.27 bits per heavy atom. The number of hydrogen-bond acceptors (Lipinski definition) is 1. The van der Waals surface area contributed by atoms with Gasteiger partial charge in [-0.25, -0.2) is 0 Å². The van der Waals surface area contributed by atoms with Gasteiger partial charge in [-0.2, -0.15) is 0 Å². The van der Waals surface area contributed by atoms with Gasteiger partial charge in [0.2, 0.25) is 0 Å². The molecule has 1 heteroatoms. The topological polar surface area (TPSA) is 9.23 Å². The average Bonchev–Trinajstić information content (AvgIpc) is 2.01. The lowest BCUT2D eigenvalue weighted by Gasteiger charge is -2.09. The molecule has 0 aromatic carbocycles. The summed E-state index contributed by atoms with van der Waals surface area (Å²) in [5, 5.41) is 0. The van der Waals surface area contributed by atoms with Crippen LogP contribution in [-0.2, 0) is 4.74 Å². The third kappa shape index (κ3) is 7.42. The Bertz CT molecular complexity index is 113. The van der Waals surface area contributed by atoms with Crippen molar-refractivity contribution in [3.05, 3.63) is 0 Å². The molecule has 0 N–H and O–H groups in total. The van der Waals surface area contributed by atoms with Crippen molar-refractivity contribution in [1.82, 2.24) is 0 Å².